The Bertz CT molecular complexity index is 928. The maximum absolute atomic E-state index is 11.8. The monoisotopic (exact) mass is 385 g/mol. The highest BCUT2D eigenvalue weighted by Gasteiger charge is 2.54. The van der Waals surface area contributed by atoms with E-state index in [9.17, 15) is 5.11 Å². The minimum absolute atomic E-state index is 0.481. The number of aliphatic hydroxyl groups is 1. The van der Waals surface area contributed by atoms with Crippen LogP contribution in [0.2, 0.25) is 0 Å². The average Bonchev–Trinajstić information content (AvgIpc) is 3.27. The molecule has 27 heavy (non-hydrogen) atoms. The molecule has 0 fully saturated rings. The summed E-state index contributed by atoms with van der Waals surface area (Å²) >= 11 is 1.80. The minimum atomic E-state index is -1.10. The Hall–Kier alpha value is -2.18. The van der Waals surface area contributed by atoms with Gasteiger partial charge in [0.2, 0.25) is 0 Å². The number of aryl methyl sites for hydroxylation is 1. The predicted molar refractivity (Wildman–Crippen MR) is 109 cm³/mol. The molecule has 0 spiro atoms. The van der Waals surface area contributed by atoms with Gasteiger partial charge in [-0.3, -0.25) is 0 Å². The highest BCUT2D eigenvalue weighted by Crippen LogP contribution is 2.41. The van der Waals surface area contributed by atoms with Gasteiger partial charge in [-0.2, -0.15) is 0 Å². The average molecular weight is 386 g/mol. The van der Waals surface area contributed by atoms with Gasteiger partial charge in [-0.25, -0.2) is 9.48 Å². The molecule has 0 aromatic heterocycles. The van der Waals surface area contributed by atoms with E-state index in [4.69, 9.17) is 9.47 Å². The summed E-state index contributed by atoms with van der Waals surface area (Å²) in [5, 5.41) is 12.9. The van der Waals surface area contributed by atoms with Gasteiger partial charge in [-0.1, -0.05) is 12.1 Å². The van der Waals surface area contributed by atoms with Crippen molar-refractivity contribution < 1.29 is 19.2 Å². The lowest BCUT2D eigenvalue weighted by atomic mass is 10.0. The van der Waals surface area contributed by atoms with Gasteiger partial charge in [0.05, 0.1) is 20.8 Å². The first kappa shape index (κ1) is 18.2. The number of amidine groups is 1. The van der Waals surface area contributed by atoms with Crippen LogP contribution in [0.25, 0.3) is 0 Å². The van der Waals surface area contributed by atoms with Crippen molar-refractivity contribution in [3.8, 4) is 11.5 Å². The Morgan fingerprint density at radius 2 is 1.89 bits per heavy atom. The zero-order valence-electron chi connectivity index (χ0n) is 16.2. The molecule has 1 atom stereocenters. The molecule has 0 aliphatic carbocycles. The van der Waals surface area contributed by atoms with Crippen LogP contribution in [0.5, 0.6) is 11.5 Å². The fraction of sp³-hybridized carbons (Fsp3) is 0.381. The third-order valence-electron chi connectivity index (χ3n) is 5.55. The first-order chi connectivity index (χ1) is 13.0. The molecular formula is C21H25N2O3S+. The SMILES string of the molecule is COc1ccc([C@@]2(O)CN(c3cccc(C)c3C)C3=[N+]2CCS3)cc1OC. The summed E-state index contributed by atoms with van der Waals surface area (Å²) < 4.78 is 12.9. The molecule has 2 aliphatic heterocycles. The van der Waals surface area contributed by atoms with Gasteiger partial charge in [-0.15, -0.1) is 0 Å². The first-order valence-electron chi connectivity index (χ1n) is 9.05. The number of benzene rings is 2. The van der Waals surface area contributed by atoms with E-state index in [2.05, 4.69) is 41.5 Å². The molecule has 2 aliphatic rings. The molecular weight excluding hydrogens is 360 g/mol. The van der Waals surface area contributed by atoms with E-state index in [-0.39, 0.29) is 0 Å². The lowest BCUT2D eigenvalue weighted by Crippen LogP contribution is -2.41. The second kappa shape index (κ2) is 6.77. The van der Waals surface area contributed by atoms with E-state index in [1.807, 2.05) is 18.2 Å². The van der Waals surface area contributed by atoms with Crippen molar-refractivity contribution in [2.24, 2.45) is 0 Å². The molecule has 0 radical (unpaired) electrons. The number of nitrogens with zero attached hydrogens (tertiary/aromatic N) is 2. The van der Waals surface area contributed by atoms with Crippen LogP contribution in [0.1, 0.15) is 16.7 Å². The summed E-state index contributed by atoms with van der Waals surface area (Å²) in [5.74, 6) is 2.25. The zero-order chi connectivity index (χ0) is 19.2. The minimum Gasteiger partial charge on any atom is -0.493 e. The normalized spacial score (nSPS) is 21.6. The summed E-state index contributed by atoms with van der Waals surface area (Å²) in [4.78, 5) is 2.25. The molecule has 5 nitrogen and oxygen atoms in total. The van der Waals surface area contributed by atoms with Crippen LogP contribution >= 0.6 is 11.8 Å². The van der Waals surface area contributed by atoms with E-state index in [0.717, 1.165) is 28.7 Å². The summed E-state index contributed by atoms with van der Waals surface area (Å²) in [7, 11) is 3.24. The molecule has 0 bridgehead atoms. The van der Waals surface area contributed by atoms with Gasteiger partial charge >= 0.3 is 5.17 Å². The van der Waals surface area contributed by atoms with Crippen molar-refractivity contribution in [2.45, 2.75) is 19.6 Å². The van der Waals surface area contributed by atoms with Gasteiger partial charge in [0.1, 0.15) is 5.69 Å². The van der Waals surface area contributed by atoms with Crippen LogP contribution in [0.15, 0.2) is 36.4 Å². The fourth-order valence-electron chi connectivity index (χ4n) is 3.89. The van der Waals surface area contributed by atoms with Gasteiger partial charge in [0, 0.05) is 11.3 Å². The van der Waals surface area contributed by atoms with E-state index in [1.165, 1.54) is 11.1 Å². The Labute approximate surface area is 164 Å². The number of rotatable bonds is 4. The summed E-state index contributed by atoms with van der Waals surface area (Å²) in [6.07, 6.45) is 0. The third-order valence-corrected chi connectivity index (χ3v) is 6.63. The van der Waals surface area contributed by atoms with Gasteiger partial charge < -0.3 is 14.6 Å². The number of methoxy groups -OCH3 is 2. The Kier molecular flexibility index (Phi) is 4.56. The second-order valence-corrected chi connectivity index (χ2v) is 8.04. The zero-order valence-corrected chi connectivity index (χ0v) is 17.0. The number of ether oxygens (including phenoxy) is 2. The van der Waals surface area contributed by atoms with Gasteiger partial charge in [0.15, 0.2) is 18.0 Å². The lowest BCUT2D eigenvalue weighted by Gasteiger charge is -2.24. The van der Waals surface area contributed by atoms with Crippen LogP contribution in [0, 0.1) is 13.8 Å². The number of β-amino-alcohol motifs (C(OH)–C–C–N with tert-alkyl or cyclic N) is 1. The summed E-state index contributed by atoms with van der Waals surface area (Å²) in [6, 6.07) is 12.0. The molecule has 2 aromatic rings. The Morgan fingerprint density at radius 3 is 2.63 bits per heavy atom. The third kappa shape index (κ3) is 2.78. The van der Waals surface area contributed by atoms with E-state index in [0.29, 0.717) is 18.0 Å². The van der Waals surface area contributed by atoms with Crippen molar-refractivity contribution in [3.05, 3.63) is 53.1 Å². The van der Waals surface area contributed by atoms with Crippen LogP contribution in [0.4, 0.5) is 5.69 Å². The van der Waals surface area contributed by atoms with Crippen LogP contribution < -0.4 is 14.4 Å². The number of thioether (sulfide) groups is 1. The van der Waals surface area contributed by atoms with E-state index in [1.54, 1.807) is 26.0 Å². The quantitative estimate of drug-likeness (QED) is 0.820. The summed E-state index contributed by atoms with van der Waals surface area (Å²) in [6.45, 7) is 5.56. The second-order valence-electron chi connectivity index (χ2n) is 6.97. The van der Waals surface area contributed by atoms with Crippen molar-refractivity contribution in [3.63, 3.8) is 0 Å². The van der Waals surface area contributed by atoms with Gasteiger partial charge in [-0.05, 0) is 61.0 Å². The lowest BCUT2D eigenvalue weighted by molar-refractivity contribution is -0.650. The van der Waals surface area contributed by atoms with Crippen molar-refractivity contribution in [1.82, 2.24) is 0 Å². The van der Waals surface area contributed by atoms with E-state index >= 15 is 0 Å². The highest BCUT2D eigenvalue weighted by molar-refractivity contribution is 8.14. The smallest absolute Gasteiger partial charge is 0.316 e. The molecule has 0 unspecified atom stereocenters. The number of anilines is 1. The fourth-order valence-corrected chi connectivity index (χ4v) is 5.06. The van der Waals surface area contributed by atoms with Crippen molar-refractivity contribution in [2.75, 3.05) is 38.0 Å². The predicted octanol–water partition coefficient (Wildman–Crippen LogP) is 3.10. The standard InChI is InChI=1S/C21H25N2O3S/c1-14-6-5-7-17(15(14)2)22-13-21(24,23-10-11-27-20(22)23)16-8-9-18(25-3)19(12-16)26-4/h5-9,12,24H,10-11,13H2,1-4H3/q+1/t21-/m0/s1. The summed E-state index contributed by atoms with van der Waals surface area (Å²) in [5.41, 5.74) is 3.36. The first-order valence-corrected chi connectivity index (χ1v) is 10.0. The Balaban J connectivity index is 1.80. The molecule has 1 N–H and O–H groups in total. The molecule has 4 rings (SSSR count). The Morgan fingerprint density at radius 1 is 1.11 bits per heavy atom. The molecule has 142 valence electrons. The van der Waals surface area contributed by atoms with Crippen LogP contribution in [-0.2, 0) is 5.72 Å². The maximum atomic E-state index is 11.8. The molecule has 0 saturated heterocycles. The number of hydrogen-bond donors (Lipinski definition) is 1. The van der Waals surface area contributed by atoms with Crippen molar-refractivity contribution >= 4 is 22.6 Å². The van der Waals surface area contributed by atoms with Gasteiger partial charge in [0.25, 0.3) is 5.72 Å². The van der Waals surface area contributed by atoms with Crippen LogP contribution in [0.3, 0.4) is 0 Å². The van der Waals surface area contributed by atoms with Crippen molar-refractivity contribution in [1.29, 1.82) is 0 Å². The molecule has 2 aromatic carbocycles. The van der Waals surface area contributed by atoms with E-state index < -0.39 is 5.72 Å². The molecule has 6 heteroatoms. The largest absolute Gasteiger partial charge is 0.493 e. The molecule has 0 amide bonds. The van der Waals surface area contributed by atoms with Crippen LogP contribution in [-0.4, -0.2) is 47.9 Å². The topological polar surface area (TPSA) is 44.9 Å². The maximum Gasteiger partial charge on any atom is 0.316 e. The molecule has 2 heterocycles. The highest BCUT2D eigenvalue weighted by atomic mass is 32.2. The molecule has 0 saturated carbocycles. The number of hydrogen-bond acceptors (Lipinski definition) is 5.